The van der Waals surface area contributed by atoms with Crippen molar-refractivity contribution in [3.8, 4) is 0 Å². The summed E-state index contributed by atoms with van der Waals surface area (Å²) in [5.41, 5.74) is 0. The zero-order valence-corrected chi connectivity index (χ0v) is 11.5. The van der Waals surface area contributed by atoms with E-state index < -0.39 is 8.24 Å². The molecule has 0 N–H and O–H groups in total. The van der Waals surface area contributed by atoms with Crippen LogP contribution >= 0.6 is 0 Å². The first-order valence-corrected chi connectivity index (χ1v) is 8.64. The molecule has 0 spiro atoms. The quantitative estimate of drug-likeness (QED) is 0.716. The second kappa shape index (κ2) is 4.04. The Kier molecular flexibility index (Phi) is 2.87. The molecular weight excluding hydrogens is 210 g/mol. The zero-order valence-electron chi connectivity index (χ0n) is 10.5. The maximum absolute atomic E-state index is 2.40. The lowest BCUT2D eigenvalue weighted by Crippen LogP contribution is -2.54. The van der Waals surface area contributed by atoms with Crippen LogP contribution in [0, 0.1) is 0 Å². The zero-order chi connectivity index (χ0) is 11.8. The lowest BCUT2D eigenvalue weighted by Gasteiger charge is -2.31. The van der Waals surface area contributed by atoms with Gasteiger partial charge in [0.2, 0.25) is 0 Å². The second-order valence-corrected chi connectivity index (χ2v) is 9.53. The fourth-order valence-electron chi connectivity index (χ4n) is 2.00. The van der Waals surface area contributed by atoms with Gasteiger partial charge in [-0.1, -0.05) is 55.6 Å². The summed E-state index contributed by atoms with van der Waals surface area (Å²) in [6.45, 7) is 4.80. The minimum absolute atomic E-state index is 1.35. The Hall–Kier alpha value is -1.12. The molecule has 0 atom stereocenters. The molecule has 0 heterocycles. The van der Waals surface area contributed by atoms with Crippen LogP contribution < -0.4 is 5.19 Å². The second-order valence-electron chi connectivity index (χ2n) is 4.98. The van der Waals surface area contributed by atoms with Crippen LogP contribution in [0.5, 0.6) is 0 Å². The van der Waals surface area contributed by atoms with Crippen LogP contribution in [0.25, 0.3) is 10.8 Å². The Bertz CT molecular complexity index is 498. The number of benzene rings is 2. The molecule has 0 aliphatic carbocycles. The predicted octanol–water partition coefficient (Wildman–Crippen LogP) is 2.81. The Morgan fingerprint density at radius 1 is 0.875 bits per heavy atom. The number of hydrogen-bond acceptors (Lipinski definition) is 1. The van der Waals surface area contributed by atoms with E-state index in [2.05, 4.69) is 74.2 Å². The van der Waals surface area contributed by atoms with Gasteiger partial charge < -0.3 is 4.57 Å². The van der Waals surface area contributed by atoms with E-state index in [4.69, 9.17) is 0 Å². The molecule has 0 saturated carbocycles. The predicted molar refractivity (Wildman–Crippen MR) is 74.8 cm³/mol. The van der Waals surface area contributed by atoms with Gasteiger partial charge in [-0.25, -0.2) is 0 Å². The molecule has 2 heteroatoms. The van der Waals surface area contributed by atoms with Crippen LogP contribution in [-0.4, -0.2) is 26.9 Å². The highest BCUT2D eigenvalue weighted by Gasteiger charge is 2.27. The van der Waals surface area contributed by atoms with E-state index in [-0.39, 0.29) is 0 Å². The molecule has 0 saturated heterocycles. The van der Waals surface area contributed by atoms with E-state index in [0.29, 0.717) is 0 Å². The third-order valence-corrected chi connectivity index (χ3v) is 7.56. The molecule has 0 unspecified atom stereocenters. The van der Waals surface area contributed by atoms with Gasteiger partial charge in [0.05, 0.1) is 0 Å². The first-order chi connectivity index (χ1) is 7.53. The SMILES string of the molecule is CN(C)[Si](C)(C)c1cccc2ccccc12. The lowest BCUT2D eigenvalue weighted by atomic mass is 10.1. The molecular formula is C14H19NSi. The largest absolute Gasteiger partial charge is 0.326 e. The Morgan fingerprint density at radius 3 is 2.19 bits per heavy atom. The average molecular weight is 229 g/mol. The first-order valence-electron chi connectivity index (χ1n) is 5.69. The number of hydrogen-bond donors (Lipinski definition) is 0. The molecule has 84 valence electrons. The highest BCUT2D eigenvalue weighted by Crippen LogP contribution is 2.16. The normalized spacial score (nSPS) is 12.3. The molecule has 0 aromatic heterocycles. The maximum atomic E-state index is 2.40. The number of fused-ring (bicyclic) bond motifs is 1. The van der Waals surface area contributed by atoms with Crippen molar-refractivity contribution >= 4 is 24.2 Å². The van der Waals surface area contributed by atoms with Crippen molar-refractivity contribution < 1.29 is 0 Å². The van der Waals surface area contributed by atoms with Crippen LogP contribution in [0.3, 0.4) is 0 Å². The Labute approximate surface area is 98.8 Å². The van der Waals surface area contributed by atoms with E-state index in [9.17, 15) is 0 Å². The van der Waals surface area contributed by atoms with Gasteiger partial charge in [0.15, 0.2) is 8.24 Å². The molecule has 2 aromatic rings. The highest BCUT2D eigenvalue weighted by atomic mass is 28.3. The standard InChI is InChI=1S/C14H19NSi/c1-15(2)16(3,4)14-11-7-9-12-8-5-6-10-13(12)14/h5-11H,1-4H3. The smallest absolute Gasteiger partial charge is 0.154 e. The van der Waals surface area contributed by atoms with Crippen molar-refractivity contribution in [1.82, 2.24) is 4.57 Å². The van der Waals surface area contributed by atoms with Crippen LogP contribution in [0.15, 0.2) is 42.5 Å². The summed E-state index contributed by atoms with van der Waals surface area (Å²) >= 11 is 0. The van der Waals surface area contributed by atoms with Crippen molar-refractivity contribution in [1.29, 1.82) is 0 Å². The number of rotatable bonds is 2. The third kappa shape index (κ3) is 1.79. The van der Waals surface area contributed by atoms with Gasteiger partial charge in [-0.3, -0.25) is 0 Å². The summed E-state index contributed by atoms with van der Waals surface area (Å²) in [5, 5.41) is 4.29. The molecule has 1 nitrogen and oxygen atoms in total. The summed E-state index contributed by atoms with van der Waals surface area (Å²) in [5.74, 6) is 0. The van der Waals surface area contributed by atoms with Gasteiger partial charge in [0.1, 0.15) is 0 Å². The van der Waals surface area contributed by atoms with Gasteiger partial charge in [0.25, 0.3) is 0 Å². The maximum Gasteiger partial charge on any atom is 0.154 e. The van der Waals surface area contributed by atoms with Crippen molar-refractivity contribution in [3.05, 3.63) is 42.5 Å². The van der Waals surface area contributed by atoms with Crippen molar-refractivity contribution in [2.45, 2.75) is 13.1 Å². The van der Waals surface area contributed by atoms with Gasteiger partial charge in [-0.15, -0.1) is 0 Å². The minimum atomic E-state index is -1.49. The summed E-state index contributed by atoms with van der Waals surface area (Å²) in [4.78, 5) is 0. The van der Waals surface area contributed by atoms with Crippen LogP contribution in [0.2, 0.25) is 13.1 Å². The van der Waals surface area contributed by atoms with E-state index in [1.807, 2.05) is 0 Å². The summed E-state index contributed by atoms with van der Waals surface area (Å²) in [6, 6.07) is 15.3. The van der Waals surface area contributed by atoms with Gasteiger partial charge in [-0.2, -0.15) is 0 Å². The molecule has 0 radical (unpaired) electrons. The van der Waals surface area contributed by atoms with Crippen molar-refractivity contribution in [3.63, 3.8) is 0 Å². The molecule has 16 heavy (non-hydrogen) atoms. The average Bonchev–Trinajstić information content (AvgIpc) is 2.28. The molecule has 2 rings (SSSR count). The highest BCUT2D eigenvalue weighted by molar-refractivity contribution is 6.89. The molecule has 0 aliphatic heterocycles. The Balaban J connectivity index is 2.70. The van der Waals surface area contributed by atoms with Crippen molar-refractivity contribution in [2.24, 2.45) is 0 Å². The van der Waals surface area contributed by atoms with Gasteiger partial charge >= 0.3 is 0 Å². The Morgan fingerprint density at radius 2 is 1.50 bits per heavy atom. The van der Waals surface area contributed by atoms with Crippen LogP contribution in [0.4, 0.5) is 0 Å². The molecule has 0 fully saturated rings. The monoisotopic (exact) mass is 229 g/mol. The lowest BCUT2D eigenvalue weighted by molar-refractivity contribution is 0.634. The molecule has 0 bridgehead atoms. The summed E-state index contributed by atoms with van der Waals surface area (Å²) < 4.78 is 2.40. The third-order valence-electron chi connectivity index (χ3n) is 3.57. The fourth-order valence-corrected chi connectivity index (χ4v) is 3.87. The van der Waals surface area contributed by atoms with Crippen LogP contribution in [0.1, 0.15) is 0 Å². The first kappa shape index (κ1) is 11.4. The molecule has 2 aromatic carbocycles. The van der Waals surface area contributed by atoms with Crippen molar-refractivity contribution in [2.75, 3.05) is 14.1 Å². The topological polar surface area (TPSA) is 3.24 Å². The summed E-state index contributed by atoms with van der Waals surface area (Å²) in [6.07, 6.45) is 0. The molecule has 0 aliphatic rings. The number of nitrogens with zero attached hydrogens (tertiary/aromatic N) is 1. The fraction of sp³-hybridized carbons (Fsp3) is 0.286. The summed E-state index contributed by atoms with van der Waals surface area (Å²) in [7, 11) is 2.89. The molecule has 0 amide bonds. The van der Waals surface area contributed by atoms with E-state index in [0.717, 1.165) is 0 Å². The van der Waals surface area contributed by atoms with Gasteiger partial charge in [0, 0.05) is 0 Å². The van der Waals surface area contributed by atoms with Crippen LogP contribution in [-0.2, 0) is 0 Å². The van der Waals surface area contributed by atoms with E-state index >= 15 is 0 Å². The van der Waals surface area contributed by atoms with Gasteiger partial charge in [-0.05, 0) is 30.1 Å². The minimum Gasteiger partial charge on any atom is -0.326 e. The van der Waals surface area contributed by atoms with E-state index in [1.54, 1.807) is 0 Å². The van der Waals surface area contributed by atoms with E-state index in [1.165, 1.54) is 16.0 Å².